The summed E-state index contributed by atoms with van der Waals surface area (Å²) in [7, 11) is 10.1. The first-order valence-corrected chi connectivity index (χ1v) is 27.6. The molecule has 3 aliphatic heterocycles. The molecule has 80 heavy (non-hydrogen) atoms. The number of alkyl carbamates (subject to hydrolysis) is 1. The van der Waals surface area contributed by atoms with E-state index >= 15 is 0 Å². The van der Waals surface area contributed by atoms with Gasteiger partial charge in [-0.1, -0.05) is 51.1 Å². The van der Waals surface area contributed by atoms with E-state index in [9.17, 15) is 34.5 Å². The van der Waals surface area contributed by atoms with Gasteiger partial charge < -0.3 is 72.9 Å². The second-order valence-corrected chi connectivity index (χ2v) is 22.8. The maximum absolute atomic E-state index is 15.0. The molecule has 0 spiro atoms. The Labute approximate surface area is 472 Å². The number of nitrogens with one attached hydrogen (secondary N) is 3. The molecule has 0 unspecified atom stereocenters. The van der Waals surface area contributed by atoms with Crippen LogP contribution in [-0.4, -0.2) is 188 Å². The van der Waals surface area contributed by atoms with Crippen LogP contribution in [0.1, 0.15) is 106 Å². The maximum atomic E-state index is 15.0. The van der Waals surface area contributed by atoms with Crippen LogP contribution < -0.4 is 25.6 Å². The largest absolute Gasteiger partial charge is 0.497 e. The minimum atomic E-state index is -1.98. The van der Waals surface area contributed by atoms with Gasteiger partial charge in [0.1, 0.15) is 34.9 Å². The molecule has 0 aliphatic carbocycles. The number of para-hydroxylation sites is 1. The van der Waals surface area contributed by atoms with Gasteiger partial charge in [-0.25, -0.2) is 15.0 Å². The number of nitrogens with zero attached hydrogens (tertiary/aromatic N) is 2. The van der Waals surface area contributed by atoms with Crippen LogP contribution in [0.2, 0.25) is 0 Å². The molecular weight excluding hydrogens is 1040 g/mol. The highest BCUT2D eigenvalue weighted by atomic mass is 16.7. The second kappa shape index (κ2) is 28.7. The third-order valence-corrected chi connectivity index (χ3v) is 16.0. The summed E-state index contributed by atoms with van der Waals surface area (Å²) in [6.45, 7) is 17.7. The molecule has 18 atom stereocenters. The fourth-order valence-electron chi connectivity index (χ4n) is 11.5. The molecule has 2 aromatic rings. The molecule has 3 heterocycles. The SMILES string of the molecule is CC[C@@H]1OC(=O)[C@H](C)[C@@H](O[C@H]2C[C@@](C)(OC)[C@@H](OC(=O)NNC(=O)/C=C/c3ccccc3OC)[C@H](C)O2)[C@@H](C)[C@@H](O[C@@H]2O[C@H](C)C[C@H](N(C)C)[C@H]2O)[C@](C)(O)C[C@@H](C)CN(C)[C@H](C)[C@@H](OC(=O)NCc2ccc(OC)cc2)[C@]1(C)O. The molecule has 0 aromatic heterocycles. The van der Waals surface area contributed by atoms with Crippen LogP contribution in [0.15, 0.2) is 54.6 Å². The molecule has 22 nitrogen and oxygen atoms in total. The van der Waals surface area contributed by atoms with Gasteiger partial charge in [-0.3, -0.25) is 19.9 Å². The summed E-state index contributed by atoms with van der Waals surface area (Å²) in [6.07, 6.45) is -9.17. The quantitative estimate of drug-likeness (QED) is 0.0570. The van der Waals surface area contributed by atoms with Crippen LogP contribution in [0.3, 0.4) is 0 Å². The normalized spacial score (nSPS) is 36.0. The minimum Gasteiger partial charge on any atom is -0.497 e. The number of carbonyl (C=O) groups excluding carboxylic acids is 4. The molecule has 450 valence electrons. The number of methoxy groups -OCH3 is 3. The van der Waals surface area contributed by atoms with Crippen molar-refractivity contribution in [3.8, 4) is 11.5 Å². The molecule has 2 aromatic carbocycles. The van der Waals surface area contributed by atoms with Gasteiger partial charge in [0.2, 0.25) is 0 Å². The zero-order valence-corrected chi connectivity index (χ0v) is 49.6. The lowest BCUT2D eigenvalue weighted by atomic mass is 9.77. The second-order valence-electron chi connectivity index (χ2n) is 22.8. The number of aliphatic hydroxyl groups is 3. The lowest BCUT2D eigenvalue weighted by Crippen LogP contribution is -2.61. The number of cyclic esters (lactones) is 1. The number of benzene rings is 2. The summed E-state index contributed by atoms with van der Waals surface area (Å²) in [6, 6.07) is 13.2. The molecular formula is C58H91N5O17. The Balaban J connectivity index is 1.48. The number of carbonyl (C=O) groups is 4. The number of aliphatic hydroxyl groups excluding tert-OH is 1. The van der Waals surface area contributed by atoms with E-state index in [-0.39, 0.29) is 43.9 Å². The Kier molecular flexibility index (Phi) is 23.6. The van der Waals surface area contributed by atoms with Crippen molar-refractivity contribution < 1.29 is 81.9 Å². The standard InChI is InChI=1S/C58H91N5O17/c1-17-44-58(10,70)50(79-54(67)59-31-39-22-25-41(71-14)26-23-39)37(6)63(13)32-33(2)29-56(8,69)49(78-53-47(65)42(62(11)12)28-34(3)74-53)35(4)48(36(5)52(66)76-44)77-46-30-57(9,73-16)51(38(7)75-46)80-55(68)61-60-45(64)27-24-40-20-18-19-21-43(40)72-15/h18-27,33-38,42,44,46-51,53,65,69-70H,17,28-32H2,1-16H3,(H,59,67)(H,60,64)(H,61,68)/b27-24+/t33-,34-,35-,36-,37-,38+,42+,44+,46+,47-,48+,49-,50-,51+,53+,56-,57-,58-/m1/s1. The topological polar surface area (TPSA) is 264 Å². The Morgan fingerprint density at radius 1 is 0.850 bits per heavy atom. The van der Waals surface area contributed by atoms with Crippen molar-refractivity contribution in [2.24, 2.45) is 17.8 Å². The number of ether oxygens (including phenoxy) is 10. The van der Waals surface area contributed by atoms with Gasteiger partial charge in [0, 0.05) is 56.3 Å². The molecule has 22 heteroatoms. The predicted molar refractivity (Wildman–Crippen MR) is 296 cm³/mol. The molecule has 5 rings (SSSR count). The first-order chi connectivity index (χ1) is 37.6. The van der Waals surface area contributed by atoms with E-state index in [0.29, 0.717) is 30.0 Å². The highest BCUT2D eigenvalue weighted by Crippen LogP contribution is 2.41. The summed E-state index contributed by atoms with van der Waals surface area (Å²) in [5.74, 6) is -2.64. The van der Waals surface area contributed by atoms with E-state index in [1.165, 1.54) is 33.3 Å². The van der Waals surface area contributed by atoms with Crippen molar-refractivity contribution in [2.45, 2.75) is 192 Å². The van der Waals surface area contributed by atoms with Gasteiger partial charge in [-0.15, -0.1) is 0 Å². The molecule has 3 aliphatic rings. The lowest BCUT2D eigenvalue weighted by molar-refractivity contribution is -0.317. The van der Waals surface area contributed by atoms with E-state index in [1.54, 1.807) is 104 Å². The third kappa shape index (κ3) is 16.8. The maximum Gasteiger partial charge on any atom is 0.426 e. The Morgan fingerprint density at radius 2 is 1.51 bits per heavy atom. The molecule has 0 saturated carbocycles. The summed E-state index contributed by atoms with van der Waals surface area (Å²) >= 11 is 0. The minimum absolute atomic E-state index is 0.0632. The fraction of sp³-hybridized carbons (Fsp3) is 0.690. The van der Waals surface area contributed by atoms with Gasteiger partial charge in [0.15, 0.2) is 24.8 Å². The van der Waals surface area contributed by atoms with Crippen molar-refractivity contribution in [2.75, 3.05) is 49.0 Å². The smallest absolute Gasteiger partial charge is 0.426 e. The monoisotopic (exact) mass is 1130 g/mol. The van der Waals surface area contributed by atoms with Crippen LogP contribution in [-0.2, 0) is 54.0 Å². The van der Waals surface area contributed by atoms with Crippen LogP contribution in [0.25, 0.3) is 6.08 Å². The van der Waals surface area contributed by atoms with Crippen molar-refractivity contribution >= 4 is 30.1 Å². The van der Waals surface area contributed by atoms with E-state index in [1.807, 2.05) is 44.8 Å². The first-order valence-electron chi connectivity index (χ1n) is 27.6. The summed E-state index contributed by atoms with van der Waals surface area (Å²) in [4.78, 5) is 58.6. The van der Waals surface area contributed by atoms with Crippen molar-refractivity contribution in [3.05, 3.63) is 65.7 Å². The number of amides is 3. The number of hydrogen-bond acceptors (Lipinski definition) is 19. The van der Waals surface area contributed by atoms with Crippen LogP contribution >= 0.6 is 0 Å². The van der Waals surface area contributed by atoms with Gasteiger partial charge in [0.25, 0.3) is 5.91 Å². The van der Waals surface area contributed by atoms with Crippen molar-refractivity contribution in [3.63, 3.8) is 0 Å². The van der Waals surface area contributed by atoms with E-state index in [2.05, 4.69) is 16.2 Å². The number of rotatable bonds is 15. The third-order valence-electron chi connectivity index (χ3n) is 16.0. The molecule has 3 saturated heterocycles. The highest BCUT2D eigenvalue weighted by molar-refractivity contribution is 5.92. The first kappa shape index (κ1) is 65.7. The zero-order valence-electron chi connectivity index (χ0n) is 49.6. The number of likely N-dealkylation sites (N-methyl/N-ethyl adjacent to an activating group) is 2. The van der Waals surface area contributed by atoms with Gasteiger partial charge in [0.05, 0.1) is 50.2 Å². The Hall–Kier alpha value is -5.14. The van der Waals surface area contributed by atoms with E-state index in [4.69, 9.17) is 47.4 Å². The summed E-state index contributed by atoms with van der Waals surface area (Å²) in [5.41, 5.74) is 1.00. The van der Waals surface area contributed by atoms with Gasteiger partial charge >= 0.3 is 18.2 Å². The predicted octanol–water partition coefficient (Wildman–Crippen LogP) is 5.33. The fourth-order valence-corrected chi connectivity index (χ4v) is 11.5. The van der Waals surface area contributed by atoms with Crippen LogP contribution in [0.5, 0.6) is 11.5 Å². The summed E-state index contributed by atoms with van der Waals surface area (Å²) in [5, 5.41) is 40.3. The molecule has 0 radical (unpaired) electrons. The number of esters is 1. The molecule has 0 bridgehead atoms. The Morgan fingerprint density at radius 3 is 2.14 bits per heavy atom. The molecule has 3 fully saturated rings. The van der Waals surface area contributed by atoms with Gasteiger partial charge in [-0.2, -0.15) is 0 Å². The van der Waals surface area contributed by atoms with Crippen LogP contribution in [0, 0.1) is 17.8 Å². The highest BCUT2D eigenvalue weighted by Gasteiger charge is 2.54. The van der Waals surface area contributed by atoms with Crippen molar-refractivity contribution in [1.82, 2.24) is 26.0 Å². The number of hydrazine groups is 1. The average Bonchev–Trinajstić information content (AvgIpc) is 3.46. The zero-order chi connectivity index (χ0) is 59.4. The van der Waals surface area contributed by atoms with E-state index < -0.39 is 114 Å². The lowest BCUT2D eigenvalue weighted by Gasteiger charge is -2.49. The van der Waals surface area contributed by atoms with Crippen LogP contribution in [0.4, 0.5) is 9.59 Å². The molecule has 6 N–H and O–H groups in total. The van der Waals surface area contributed by atoms with Gasteiger partial charge in [-0.05, 0) is 125 Å². The van der Waals surface area contributed by atoms with E-state index in [0.717, 1.165) is 5.56 Å². The average molecular weight is 1130 g/mol. The molecule has 3 amide bonds. The van der Waals surface area contributed by atoms with Crippen molar-refractivity contribution in [1.29, 1.82) is 0 Å². The number of hydrogen-bond donors (Lipinski definition) is 6. The summed E-state index contributed by atoms with van der Waals surface area (Å²) < 4.78 is 61.6. The Bertz CT molecular complexity index is 2360.